The predicted octanol–water partition coefficient (Wildman–Crippen LogP) is 2.71. The minimum absolute atomic E-state index is 0.141. The van der Waals surface area contributed by atoms with E-state index in [-0.39, 0.29) is 17.9 Å². The summed E-state index contributed by atoms with van der Waals surface area (Å²) in [6, 6.07) is 2.18. The molecule has 1 radical (unpaired) electrons. The van der Waals surface area contributed by atoms with E-state index < -0.39 is 11.6 Å². The largest absolute Gasteiger partial charge is 0.489 e. The van der Waals surface area contributed by atoms with Crippen LogP contribution in [0.15, 0.2) is 24.8 Å². The molecule has 1 aromatic rings. The minimum Gasteiger partial charge on any atom is -0.489 e. The summed E-state index contributed by atoms with van der Waals surface area (Å²) in [5.41, 5.74) is -0.244. The van der Waals surface area contributed by atoms with Crippen molar-refractivity contribution in [3.05, 3.63) is 48.9 Å². The van der Waals surface area contributed by atoms with Gasteiger partial charge in [0.05, 0.1) is 0 Å². The van der Waals surface area contributed by atoms with Crippen LogP contribution in [0.25, 0.3) is 0 Å². The third-order valence-corrected chi connectivity index (χ3v) is 1.48. The van der Waals surface area contributed by atoms with Crippen molar-refractivity contribution in [1.82, 2.24) is 0 Å². The minimum atomic E-state index is -0.709. The summed E-state index contributed by atoms with van der Waals surface area (Å²) >= 11 is 0. The maximum Gasteiger partial charge on any atom is 0.133 e. The molecule has 0 bridgehead atoms. The van der Waals surface area contributed by atoms with E-state index in [9.17, 15) is 8.78 Å². The van der Waals surface area contributed by atoms with Crippen molar-refractivity contribution in [3.63, 3.8) is 0 Å². The highest BCUT2D eigenvalue weighted by atomic mass is 19.1. The van der Waals surface area contributed by atoms with Crippen molar-refractivity contribution in [3.8, 4) is 5.75 Å². The van der Waals surface area contributed by atoms with Crippen LogP contribution in [0, 0.1) is 18.6 Å². The van der Waals surface area contributed by atoms with Gasteiger partial charge in [0.1, 0.15) is 24.0 Å². The Morgan fingerprint density at radius 2 is 1.85 bits per heavy atom. The molecular formula is C10H9F2O. The molecule has 0 fully saturated rings. The lowest BCUT2D eigenvalue weighted by atomic mass is 10.2. The summed E-state index contributed by atoms with van der Waals surface area (Å²) in [7, 11) is 0. The van der Waals surface area contributed by atoms with Crippen LogP contribution in [0.1, 0.15) is 5.56 Å². The molecule has 0 N–H and O–H groups in total. The van der Waals surface area contributed by atoms with Crippen LogP contribution >= 0.6 is 0 Å². The van der Waals surface area contributed by atoms with Gasteiger partial charge >= 0.3 is 0 Å². The molecule has 13 heavy (non-hydrogen) atoms. The first-order valence-corrected chi connectivity index (χ1v) is 3.70. The molecule has 0 heterocycles. The van der Waals surface area contributed by atoms with Crippen molar-refractivity contribution in [2.24, 2.45) is 0 Å². The highest BCUT2D eigenvalue weighted by Crippen LogP contribution is 2.19. The first kappa shape index (κ1) is 9.71. The molecule has 0 amide bonds. The first-order valence-electron chi connectivity index (χ1n) is 3.70. The maximum atomic E-state index is 12.9. The second-order valence-corrected chi connectivity index (χ2v) is 2.47. The Balaban J connectivity index is 2.92. The molecule has 0 unspecified atom stereocenters. The molecule has 0 saturated heterocycles. The molecule has 0 atom stereocenters. The fraction of sp³-hybridized carbons (Fsp3) is 0.100. The van der Waals surface area contributed by atoms with Gasteiger partial charge in [-0.2, -0.15) is 0 Å². The monoisotopic (exact) mass is 183 g/mol. The van der Waals surface area contributed by atoms with E-state index in [1.54, 1.807) is 0 Å². The van der Waals surface area contributed by atoms with Crippen LogP contribution in [0.3, 0.4) is 0 Å². The number of hydrogen-bond acceptors (Lipinski definition) is 1. The lowest BCUT2D eigenvalue weighted by Gasteiger charge is -2.05. The van der Waals surface area contributed by atoms with Crippen molar-refractivity contribution in [1.29, 1.82) is 0 Å². The van der Waals surface area contributed by atoms with Gasteiger partial charge < -0.3 is 4.74 Å². The smallest absolute Gasteiger partial charge is 0.133 e. The van der Waals surface area contributed by atoms with Crippen molar-refractivity contribution in [2.45, 2.75) is 0 Å². The highest BCUT2D eigenvalue weighted by Gasteiger charge is 2.06. The first-order chi connectivity index (χ1) is 6.15. The Hall–Kier alpha value is -1.38. The number of rotatable bonds is 3. The van der Waals surface area contributed by atoms with E-state index in [0.29, 0.717) is 0 Å². The van der Waals surface area contributed by atoms with E-state index in [0.717, 1.165) is 12.1 Å². The van der Waals surface area contributed by atoms with Crippen LogP contribution in [-0.2, 0) is 0 Å². The summed E-state index contributed by atoms with van der Waals surface area (Å²) in [6.45, 7) is 6.85. The topological polar surface area (TPSA) is 9.23 Å². The zero-order chi connectivity index (χ0) is 9.84. The third-order valence-electron chi connectivity index (χ3n) is 1.48. The molecule has 3 heteroatoms. The Bertz CT molecular complexity index is 298. The molecule has 0 aliphatic rings. The number of benzene rings is 1. The van der Waals surface area contributed by atoms with Crippen LogP contribution in [0.2, 0.25) is 0 Å². The van der Waals surface area contributed by atoms with Gasteiger partial charge in [0, 0.05) is 17.7 Å². The van der Waals surface area contributed by atoms with E-state index in [2.05, 4.69) is 13.5 Å². The van der Waals surface area contributed by atoms with Crippen LogP contribution < -0.4 is 4.74 Å². The molecule has 0 spiro atoms. The normalized spacial score (nSPS) is 9.77. The second-order valence-electron chi connectivity index (χ2n) is 2.47. The van der Waals surface area contributed by atoms with Gasteiger partial charge in [-0.3, -0.25) is 0 Å². The molecule has 1 rings (SSSR count). The molecule has 0 aromatic heterocycles. The standard InChI is InChI=1S/C10H9F2O/c1-3-4-13-8-5-9(11)7(2)10(12)6-8/h3,5-6H,1-2,4H2. The van der Waals surface area contributed by atoms with Gasteiger partial charge in [-0.25, -0.2) is 8.78 Å². The summed E-state index contributed by atoms with van der Waals surface area (Å²) in [6.07, 6.45) is 1.49. The van der Waals surface area contributed by atoms with E-state index in [1.165, 1.54) is 6.08 Å². The molecule has 0 saturated carbocycles. The Labute approximate surface area is 75.6 Å². The average molecular weight is 183 g/mol. The van der Waals surface area contributed by atoms with Crippen molar-refractivity contribution >= 4 is 0 Å². The summed E-state index contributed by atoms with van der Waals surface area (Å²) < 4.78 is 30.7. The van der Waals surface area contributed by atoms with Crippen molar-refractivity contribution < 1.29 is 13.5 Å². The SMILES string of the molecule is [CH2]c1c(F)cc(OCC=C)cc1F. The van der Waals surface area contributed by atoms with Gasteiger partial charge in [0.25, 0.3) is 0 Å². The Morgan fingerprint density at radius 3 is 2.31 bits per heavy atom. The molecular weight excluding hydrogens is 174 g/mol. The zero-order valence-electron chi connectivity index (χ0n) is 7.02. The third kappa shape index (κ3) is 2.28. The molecule has 69 valence electrons. The fourth-order valence-electron chi connectivity index (χ4n) is 0.818. The highest BCUT2D eigenvalue weighted by molar-refractivity contribution is 5.32. The quantitative estimate of drug-likeness (QED) is 0.654. The van der Waals surface area contributed by atoms with Gasteiger partial charge in [-0.1, -0.05) is 12.7 Å². The van der Waals surface area contributed by atoms with Gasteiger partial charge in [-0.05, 0) is 6.92 Å². The Kier molecular flexibility index (Phi) is 3.01. The van der Waals surface area contributed by atoms with Gasteiger partial charge in [-0.15, -0.1) is 0 Å². The lowest BCUT2D eigenvalue weighted by Crippen LogP contribution is -1.96. The van der Waals surface area contributed by atoms with E-state index in [4.69, 9.17) is 4.74 Å². The Morgan fingerprint density at radius 1 is 1.31 bits per heavy atom. The zero-order valence-corrected chi connectivity index (χ0v) is 7.02. The summed E-state index contributed by atoms with van der Waals surface area (Å²) in [5.74, 6) is -1.28. The fourth-order valence-corrected chi connectivity index (χ4v) is 0.818. The van der Waals surface area contributed by atoms with Crippen LogP contribution in [0.4, 0.5) is 8.78 Å². The van der Waals surface area contributed by atoms with Crippen LogP contribution in [0.5, 0.6) is 5.75 Å². The molecule has 0 aliphatic carbocycles. The predicted molar refractivity (Wildman–Crippen MR) is 46.5 cm³/mol. The van der Waals surface area contributed by atoms with Gasteiger partial charge in [0.15, 0.2) is 0 Å². The van der Waals surface area contributed by atoms with Crippen LogP contribution in [-0.4, -0.2) is 6.61 Å². The molecule has 1 nitrogen and oxygen atoms in total. The second kappa shape index (κ2) is 4.03. The number of ether oxygens (including phenoxy) is 1. The average Bonchev–Trinajstić information content (AvgIpc) is 2.10. The van der Waals surface area contributed by atoms with E-state index in [1.807, 2.05) is 0 Å². The summed E-state index contributed by atoms with van der Waals surface area (Å²) in [5, 5.41) is 0. The van der Waals surface area contributed by atoms with Crippen molar-refractivity contribution in [2.75, 3.05) is 6.61 Å². The maximum absolute atomic E-state index is 12.9. The van der Waals surface area contributed by atoms with Gasteiger partial charge in [0.2, 0.25) is 0 Å². The lowest BCUT2D eigenvalue weighted by molar-refractivity contribution is 0.357. The number of halogens is 2. The summed E-state index contributed by atoms with van der Waals surface area (Å²) in [4.78, 5) is 0. The van der Waals surface area contributed by atoms with E-state index >= 15 is 0 Å². The molecule has 0 aliphatic heterocycles. The molecule has 1 aromatic carbocycles. The number of hydrogen-bond donors (Lipinski definition) is 0.